The van der Waals surface area contributed by atoms with Gasteiger partial charge in [0.15, 0.2) is 0 Å². The number of rotatable bonds is 3. The fourth-order valence-corrected chi connectivity index (χ4v) is 2.22. The van der Waals surface area contributed by atoms with E-state index in [0.717, 1.165) is 13.0 Å². The predicted molar refractivity (Wildman–Crippen MR) is 64.6 cm³/mol. The molecule has 0 radical (unpaired) electrons. The SMILES string of the molecule is CCOC(=O)NC1CC(C)CN(C(=O)CC)C1. The van der Waals surface area contributed by atoms with Gasteiger partial charge in [-0.2, -0.15) is 0 Å². The molecule has 0 spiro atoms. The molecule has 1 aliphatic rings. The van der Waals surface area contributed by atoms with Crippen molar-refractivity contribution < 1.29 is 14.3 Å². The van der Waals surface area contributed by atoms with E-state index in [1.807, 2.05) is 11.8 Å². The lowest BCUT2D eigenvalue weighted by molar-refractivity contribution is -0.133. The first-order valence-electron chi connectivity index (χ1n) is 6.27. The Morgan fingerprint density at radius 2 is 2.06 bits per heavy atom. The summed E-state index contributed by atoms with van der Waals surface area (Å²) in [5, 5.41) is 2.80. The normalized spacial score (nSPS) is 24.3. The van der Waals surface area contributed by atoms with Gasteiger partial charge in [0.1, 0.15) is 0 Å². The number of alkyl carbamates (subject to hydrolysis) is 1. The summed E-state index contributed by atoms with van der Waals surface area (Å²) in [5.41, 5.74) is 0. The van der Waals surface area contributed by atoms with Gasteiger partial charge in [-0.1, -0.05) is 13.8 Å². The highest BCUT2D eigenvalue weighted by Crippen LogP contribution is 2.17. The zero-order valence-electron chi connectivity index (χ0n) is 10.9. The third-order valence-corrected chi connectivity index (χ3v) is 2.91. The molecule has 5 nitrogen and oxygen atoms in total. The average molecular weight is 242 g/mol. The Balaban J connectivity index is 2.50. The predicted octanol–water partition coefficient (Wildman–Crippen LogP) is 1.38. The fraction of sp³-hybridized carbons (Fsp3) is 0.833. The lowest BCUT2D eigenvalue weighted by Crippen LogP contribution is -2.52. The Morgan fingerprint density at radius 1 is 1.35 bits per heavy atom. The molecule has 1 aliphatic heterocycles. The van der Waals surface area contributed by atoms with E-state index in [9.17, 15) is 9.59 Å². The van der Waals surface area contributed by atoms with E-state index in [-0.39, 0.29) is 11.9 Å². The topological polar surface area (TPSA) is 58.6 Å². The quantitative estimate of drug-likeness (QED) is 0.813. The number of nitrogens with one attached hydrogen (secondary N) is 1. The molecule has 1 heterocycles. The van der Waals surface area contributed by atoms with Crippen LogP contribution in [0.1, 0.15) is 33.6 Å². The summed E-state index contributed by atoms with van der Waals surface area (Å²) in [6.45, 7) is 7.47. The lowest BCUT2D eigenvalue weighted by atomic mass is 9.96. The second-order valence-electron chi connectivity index (χ2n) is 4.55. The van der Waals surface area contributed by atoms with Gasteiger partial charge in [0.25, 0.3) is 0 Å². The highest BCUT2D eigenvalue weighted by atomic mass is 16.5. The van der Waals surface area contributed by atoms with E-state index in [4.69, 9.17) is 4.74 Å². The number of carbonyl (C=O) groups is 2. The van der Waals surface area contributed by atoms with Crippen LogP contribution in [0.2, 0.25) is 0 Å². The number of hydrogen-bond acceptors (Lipinski definition) is 3. The molecule has 0 saturated carbocycles. The molecule has 0 aliphatic carbocycles. The van der Waals surface area contributed by atoms with Crippen molar-refractivity contribution in [3.8, 4) is 0 Å². The van der Waals surface area contributed by atoms with Crippen LogP contribution in [0.4, 0.5) is 4.79 Å². The molecule has 5 heteroatoms. The first kappa shape index (κ1) is 13.8. The Morgan fingerprint density at radius 3 is 2.65 bits per heavy atom. The number of hydrogen-bond donors (Lipinski definition) is 1. The zero-order chi connectivity index (χ0) is 12.8. The maximum atomic E-state index is 11.7. The third-order valence-electron chi connectivity index (χ3n) is 2.91. The van der Waals surface area contributed by atoms with Gasteiger partial charge in [0.05, 0.1) is 12.6 Å². The maximum absolute atomic E-state index is 11.7. The van der Waals surface area contributed by atoms with Crippen molar-refractivity contribution in [1.29, 1.82) is 0 Å². The van der Waals surface area contributed by atoms with E-state index in [2.05, 4.69) is 12.2 Å². The highest BCUT2D eigenvalue weighted by molar-refractivity contribution is 5.76. The molecule has 1 saturated heterocycles. The van der Waals surface area contributed by atoms with Crippen molar-refractivity contribution in [2.24, 2.45) is 5.92 Å². The van der Waals surface area contributed by atoms with Crippen LogP contribution >= 0.6 is 0 Å². The van der Waals surface area contributed by atoms with E-state index in [0.29, 0.717) is 25.5 Å². The minimum absolute atomic E-state index is 0.00769. The molecular weight excluding hydrogens is 220 g/mol. The van der Waals surface area contributed by atoms with Gasteiger partial charge in [-0.3, -0.25) is 4.79 Å². The third kappa shape index (κ3) is 4.24. The molecule has 98 valence electrons. The summed E-state index contributed by atoms with van der Waals surface area (Å²) in [4.78, 5) is 24.8. The summed E-state index contributed by atoms with van der Waals surface area (Å²) in [6, 6.07) is 0.00769. The average Bonchev–Trinajstić information content (AvgIpc) is 2.27. The van der Waals surface area contributed by atoms with Crippen LogP contribution in [0.5, 0.6) is 0 Å². The number of piperidine rings is 1. The lowest BCUT2D eigenvalue weighted by Gasteiger charge is -2.36. The molecule has 0 aromatic rings. The van der Waals surface area contributed by atoms with E-state index in [1.54, 1.807) is 6.92 Å². The van der Waals surface area contributed by atoms with Crippen molar-refractivity contribution in [3.63, 3.8) is 0 Å². The minimum atomic E-state index is -0.393. The van der Waals surface area contributed by atoms with E-state index < -0.39 is 6.09 Å². The maximum Gasteiger partial charge on any atom is 0.407 e. The van der Waals surface area contributed by atoms with Crippen LogP contribution in [0, 0.1) is 5.92 Å². The van der Waals surface area contributed by atoms with Crippen molar-refractivity contribution in [3.05, 3.63) is 0 Å². The Kier molecular flexibility index (Phi) is 5.25. The number of amides is 2. The van der Waals surface area contributed by atoms with Crippen molar-refractivity contribution in [2.45, 2.75) is 39.7 Å². The molecule has 0 bridgehead atoms. The molecule has 1 N–H and O–H groups in total. The standard InChI is InChI=1S/C12H22N2O3/c1-4-11(15)14-7-9(3)6-10(8-14)13-12(16)17-5-2/h9-10H,4-8H2,1-3H3,(H,13,16). The summed E-state index contributed by atoms with van der Waals surface area (Å²) >= 11 is 0. The van der Waals surface area contributed by atoms with Gasteiger partial charge in [0.2, 0.25) is 5.91 Å². The van der Waals surface area contributed by atoms with Gasteiger partial charge in [-0.05, 0) is 19.3 Å². The Labute approximate surface area is 102 Å². The molecule has 2 unspecified atom stereocenters. The Hall–Kier alpha value is -1.26. The van der Waals surface area contributed by atoms with Crippen molar-refractivity contribution >= 4 is 12.0 Å². The van der Waals surface area contributed by atoms with Gasteiger partial charge < -0.3 is 15.0 Å². The smallest absolute Gasteiger partial charge is 0.407 e. The minimum Gasteiger partial charge on any atom is -0.450 e. The molecule has 17 heavy (non-hydrogen) atoms. The second kappa shape index (κ2) is 6.47. The molecule has 2 amide bonds. The van der Waals surface area contributed by atoms with E-state index >= 15 is 0 Å². The fourth-order valence-electron chi connectivity index (χ4n) is 2.22. The van der Waals surface area contributed by atoms with Crippen molar-refractivity contribution in [1.82, 2.24) is 10.2 Å². The molecule has 1 rings (SSSR count). The summed E-state index contributed by atoms with van der Waals surface area (Å²) in [7, 11) is 0. The van der Waals surface area contributed by atoms with Crippen LogP contribution in [0.15, 0.2) is 0 Å². The molecule has 0 aromatic heterocycles. The molecule has 0 aromatic carbocycles. The summed E-state index contributed by atoms with van der Waals surface area (Å²) in [5.74, 6) is 0.554. The number of ether oxygens (including phenoxy) is 1. The first-order chi connectivity index (χ1) is 8.06. The molecule has 2 atom stereocenters. The van der Waals surface area contributed by atoms with Crippen LogP contribution < -0.4 is 5.32 Å². The second-order valence-corrected chi connectivity index (χ2v) is 4.55. The van der Waals surface area contributed by atoms with E-state index in [1.165, 1.54) is 0 Å². The Bertz CT molecular complexity index is 281. The first-order valence-corrected chi connectivity index (χ1v) is 6.27. The zero-order valence-corrected chi connectivity index (χ0v) is 10.9. The summed E-state index contributed by atoms with van der Waals surface area (Å²) < 4.78 is 4.85. The van der Waals surface area contributed by atoms with Gasteiger partial charge in [-0.25, -0.2) is 4.79 Å². The summed E-state index contributed by atoms with van der Waals surface area (Å²) in [6.07, 6.45) is 1.01. The molecule has 1 fully saturated rings. The van der Waals surface area contributed by atoms with Gasteiger partial charge in [-0.15, -0.1) is 0 Å². The molecular formula is C12H22N2O3. The number of nitrogens with zero attached hydrogens (tertiary/aromatic N) is 1. The largest absolute Gasteiger partial charge is 0.450 e. The monoisotopic (exact) mass is 242 g/mol. The highest BCUT2D eigenvalue weighted by Gasteiger charge is 2.28. The van der Waals surface area contributed by atoms with Gasteiger partial charge in [0, 0.05) is 19.5 Å². The van der Waals surface area contributed by atoms with Crippen LogP contribution in [-0.4, -0.2) is 42.6 Å². The van der Waals surface area contributed by atoms with Gasteiger partial charge >= 0.3 is 6.09 Å². The van der Waals surface area contributed by atoms with Crippen LogP contribution in [0.25, 0.3) is 0 Å². The van der Waals surface area contributed by atoms with Crippen LogP contribution in [0.3, 0.4) is 0 Å². The van der Waals surface area contributed by atoms with Crippen molar-refractivity contribution in [2.75, 3.05) is 19.7 Å². The number of carbonyl (C=O) groups excluding carboxylic acids is 2. The number of likely N-dealkylation sites (tertiary alicyclic amines) is 1. The van der Waals surface area contributed by atoms with Crippen LogP contribution in [-0.2, 0) is 9.53 Å².